The van der Waals surface area contributed by atoms with Crippen molar-refractivity contribution in [2.45, 2.75) is 61.8 Å². The topological polar surface area (TPSA) is 14.8 Å². The van der Waals surface area contributed by atoms with Crippen LogP contribution in [0.25, 0.3) is 0 Å². The van der Waals surface area contributed by atoms with Crippen LogP contribution < -0.4 is 0 Å². The molecule has 1 aromatic heterocycles. The molecule has 0 saturated heterocycles. The second-order valence-corrected chi connectivity index (χ2v) is 5.80. The maximum Gasteiger partial charge on any atom is 0.520 e. The zero-order chi connectivity index (χ0) is 16.8. The number of aromatic nitrogens is 3. The van der Waals surface area contributed by atoms with E-state index < -0.39 is 45.7 Å². The summed E-state index contributed by atoms with van der Waals surface area (Å²) in [5.41, 5.74) is -6.31. The molecule has 22 heavy (non-hydrogen) atoms. The van der Waals surface area contributed by atoms with Crippen LogP contribution in [0.4, 0.5) is 39.5 Å². The third-order valence-electron chi connectivity index (χ3n) is 4.56. The fraction of sp³-hybridized carbons (Fsp3) is 1.00. The predicted molar refractivity (Wildman–Crippen MR) is 52.9 cm³/mol. The highest BCUT2D eigenvalue weighted by atomic mass is 19.4. The standard InChI is InChI=1S/C10H10F9N3/c11-8(12,13)7(9(14,15)16)5-6(3-1-2-4-6)20-21(7)22(20)10(17,18)19/h1-5H2. The summed E-state index contributed by atoms with van der Waals surface area (Å²) in [6.07, 6.45) is -18.2. The van der Waals surface area contributed by atoms with Crippen molar-refractivity contribution in [1.29, 1.82) is 0 Å². The molecule has 12 heteroatoms. The van der Waals surface area contributed by atoms with Gasteiger partial charge in [0.15, 0.2) is 0 Å². The molecule has 2 aliphatic rings. The summed E-state index contributed by atoms with van der Waals surface area (Å²) >= 11 is 0. The Kier molecular flexibility index (Phi) is 2.71. The molecule has 2 heterocycles. The summed E-state index contributed by atoms with van der Waals surface area (Å²) in [6, 6.07) is 0. The van der Waals surface area contributed by atoms with E-state index in [1.165, 1.54) is 0 Å². The van der Waals surface area contributed by atoms with Gasteiger partial charge in [-0.1, -0.05) is 17.6 Å². The lowest BCUT2D eigenvalue weighted by molar-refractivity contribution is -0.337. The van der Waals surface area contributed by atoms with Crippen LogP contribution in [-0.4, -0.2) is 26.7 Å². The Hall–Kier alpha value is -1.23. The van der Waals surface area contributed by atoms with Crippen molar-refractivity contribution in [2.75, 3.05) is 0 Å². The molecule has 3 nitrogen and oxygen atoms in total. The smallest absolute Gasteiger partial charge is 0.179 e. The van der Waals surface area contributed by atoms with Gasteiger partial charge in [0.1, 0.15) is 0 Å². The maximum absolute atomic E-state index is 13.2. The third kappa shape index (κ3) is 1.66. The Morgan fingerprint density at radius 1 is 0.682 bits per heavy atom. The van der Waals surface area contributed by atoms with Gasteiger partial charge in [-0.15, -0.1) is 13.2 Å². The van der Waals surface area contributed by atoms with E-state index in [4.69, 9.17) is 0 Å². The van der Waals surface area contributed by atoms with E-state index in [0.717, 1.165) is 0 Å². The zero-order valence-electron chi connectivity index (χ0n) is 10.8. The minimum atomic E-state index is -5.88. The van der Waals surface area contributed by atoms with E-state index in [0.29, 0.717) is 12.8 Å². The summed E-state index contributed by atoms with van der Waals surface area (Å²) < 4.78 is 118. The molecule has 0 unspecified atom stereocenters. The van der Waals surface area contributed by atoms with Gasteiger partial charge >= 0.3 is 18.7 Å². The van der Waals surface area contributed by atoms with E-state index in [1.807, 2.05) is 0 Å². The first-order chi connectivity index (χ1) is 9.78. The van der Waals surface area contributed by atoms with Crippen LogP contribution in [0.2, 0.25) is 0 Å². The molecule has 0 amide bonds. The quantitative estimate of drug-likeness (QED) is 0.631. The minimum Gasteiger partial charge on any atom is -0.179 e. The third-order valence-corrected chi connectivity index (χ3v) is 4.56. The van der Waals surface area contributed by atoms with E-state index in [1.54, 1.807) is 0 Å². The summed E-state index contributed by atoms with van der Waals surface area (Å²) in [5, 5.41) is 0. The first-order valence-electron chi connectivity index (χ1n) is 6.39. The van der Waals surface area contributed by atoms with Crippen LogP contribution in [0.15, 0.2) is 0 Å². The van der Waals surface area contributed by atoms with Crippen LogP contribution in [-0.2, 0) is 17.4 Å². The number of hydrogen-bond acceptors (Lipinski definition) is 0. The highest BCUT2D eigenvalue weighted by molar-refractivity contribution is 5.13. The Morgan fingerprint density at radius 2 is 1.14 bits per heavy atom. The molecule has 128 valence electrons. The van der Waals surface area contributed by atoms with Gasteiger partial charge in [-0.3, -0.25) is 0 Å². The van der Waals surface area contributed by atoms with Crippen LogP contribution in [0.5, 0.6) is 0 Å². The normalized spacial score (nSPS) is 24.4. The lowest BCUT2D eigenvalue weighted by Crippen LogP contribution is -2.58. The second-order valence-electron chi connectivity index (χ2n) is 5.80. The molecule has 1 saturated carbocycles. The van der Waals surface area contributed by atoms with Gasteiger partial charge in [0.05, 0.1) is 5.54 Å². The fourth-order valence-electron chi connectivity index (χ4n) is 3.68. The van der Waals surface area contributed by atoms with E-state index >= 15 is 0 Å². The summed E-state index contributed by atoms with van der Waals surface area (Å²) in [6.45, 7) is 0. The molecule has 0 aromatic carbocycles. The average molecular weight is 343 g/mol. The molecule has 3 rings (SSSR count). The number of alkyl halides is 9. The molecule has 1 aliphatic carbocycles. The first kappa shape index (κ1) is 15.7. The monoisotopic (exact) mass is 343 g/mol. The molecule has 1 aliphatic heterocycles. The molecule has 0 atom stereocenters. The SMILES string of the molecule is FC(F)(F)n1n2n1C(C(F)(F)F)(C(F)(F)F)CC21CCCC1. The van der Waals surface area contributed by atoms with E-state index in [2.05, 4.69) is 0 Å². The van der Waals surface area contributed by atoms with Crippen molar-refractivity contribution in [3.05, 3.63) is 0 Å². The van der Waals surface area contributed by atoms with Crippen molar-refractivity contribution in [1.82, 2.24) is 14.4 Å². The van der Waals surface area contributed by atoms with Crippen LogP contribution >= 0.6 is 0 Å². The largest absolute Gasteiger partial charge is 0.520 e. The van der Waals surface area contributed by atoms with Crippen LogP contribution in [0.3, 0.4) is 0 Å². The van der Waals surface area contributed by atoms with Crippen molar-refractivity contribution >= 4 is 0 Å². The molecular weight excluding hydrogens is 333 g/mol. The van der Waals surface area contributed by atoms with E-state index in [-0.39, 0.29) is 17.6 Å². The number of hydrogen-bond donors (Lipinski definition) is 0. The highest BCUT2D eigenvalue weighted by Gasteiger charge is 2.83. The summed E-state index contributed by atoms with van der Waals surface area (Å²) in [5.74, 6) is 0. The lowest BCUT2D eigenvalue weighted by Gasteiger charge is -2.35. The van der Waals surface area contributed by atoms with Gasteiger partial charge in [-0.25, -0.2) is 0 Å². The molecule has 1 fully saturated rings. The Bertz CT molecular complexity index is 559. The summed E-state index contributed by atoms with van der Waals surface area (Å²) in [4.78, 5) is -1.44. The Balaban J connectivity index is 2.23. The van der Waals surface area contributed by atoms with Crippen molar-refractivity contribution < 1.29 is 39.5 Å². The van der Waals surface area contributed by atoms with Crippen molar-refractivity contribution in [2.24, 2.45) is 0 Å². The minimum absolute atomic E-state index is 0.112. The van der Waals surface area contributed by atoms with Gasteiger partial charge in [0.2, 0.25) is 0 Å². The Labute approximate surface area is 117 Å². The van der Waals surface area contributed by atoms with Gasteiger partial charge in [0.25, 0.3) is 5.54 Å². The van der Waals surface area contributed by atoms with Crippen molar-refractivity contribution in [3.63, 3.8) is 0 Å². The van der Waals surface area contributed by atoms with E-state index in [9.17, 15) is 39.5 Å². The van der Waals surface area contributed by atoms with Gasteiger partial charge < -0.3 is 0 Å². The average Bonchev–Trinajstić information content (AvgIpc) is 2.78. The lowest BCUT2D eigenvalue weighted by atomic mass is 9.82. The molecule has 1 aromatic rings. The van der Waals surface area contributed by atoms with Crippen molar-refractivity contribution in [3.8, 4) is 0 Å². The number of rotatable bonds is 0. The Morgan fingerprint density at radius 3 is 1.50 bits per heavy atom. The number of halogens is 9. The van der Waals surface area contributed by atoms with Gasteiger partial charge in [0, 0.05) is 6.42 Å². The molecule has 0 bridgehead atoms. The molecule has 0 N–H and O–H groups in total. The number of fused-ring (bicyclic) bond motifs is 2. The molecule has 1 spiro atoms. The van der Waals surface area contributed by atoms with Crippen LogP contribution in [0, 0.1) is 0 Å². The molecule has 0 radical (unpaired) electrons. The second kappa shape index (κ2) is 3.81. The number of nitrogens with zero attached hydrogens (tertiary/aromatic N) is 3. The predicted octanol–water partition coefficient (Wildman–Crippen LogP) is 4.06. The zero-order valence-corrected chi connectivity index (χ0v) is 10.8. The maximum atomic E-state index is 13.2. The first-order valence-corrected chi connectivity index (χ1v) is 6.39. The van der Waals surface area contributed by atoms with Gasteiger partial charge in [-0.05, 0) is 12.8 Å². The van der Waals surface area contributed by atoms with Crippen LogP contribution in [0.1, 0.15) is 32.1 Å². The highest BCUT2D eigenvalue weighted by Crippen LogP contribution is 2.63. The van der Waals surface area contributed by atoms with Gasteiger partial charge in [-0.2, -0.15) is 35.9 Å². The summed E-state index contributed by atoms with van der Waals surface area (Å²) in [7, 11) is 0. The fourth-order valence-corrected chi connectivity index (χ4v) is 3.68. The molecular formula is C10H10F9N3.